The summed E-state index contributed by atoms with van der Waals surface area (Å²) in [6, 6.07) is 4.97. The molecule has 4 N–H and O–H groups in total. The molecule has 1 aliphatic heterocycles. The van der Waals surface area contributed by atoms with Crippen molar-refractivity contribution in [1.82, 2.24) is 9.55 Å². The molecule has 1 aromatic carbocycles. The second kappa shape index (κ2) is 8.58. The fraction of sp³-hybridized carbons (Fsp3) is 0.333. The van der Waals surface area contributed by atoms with E-state index >= 15 is 0 Å². The summed E-state index contributed by atoms with van der Waals surface area (Å²) >= 11 is 11.7. The van der Waals surface area contributed by atoms with Gasteiger partial charge in [-0.15, -0.1) is 0 Å². The monoisotopic (exact) mass is 468 g/mol. The van der Waals surface area contributed by atoms with Gasteiger partial charge >= 0.3 is 13.5 Å². The fourth-order valence-corrected chi connectivity index (χ4v) is 4.08. The van der Waals surface area contributed by atoms with Crippen molar-refractivity contribution in [3.63, 3.8) is 0 Å². The summed E-state index contributed by atoms with van der Waals surface area (Å²) in [6.45, 7) is -0.714. The van der Waals surface area contributed by atoms with E-state index in [0.717, 1.165) is 16.8 Å². The van der Waals surface area contributed by atoms with E-state index in [1.807, 2.05) is 4.98 Å². The number of aromatic nitrogens is 2. The van der Waals surface area contributed by atoms with Gasteiger partial charge in [0, 0.05) is 23.4 Å². The molecule has 0 bridgehead atoms. The van der Waals surface area contributed by atoms with Crippen molar-refractivity contribution in [1.29, 1.82) is 0 Å². The number of aliphatic hydroxyl groups excluding tert-OH is 2. The van der Waals surface area contributed by atoms with Gasteiger partial charge in [0.1, 0.15) is 18.3 Å². The molecule has 1 saturated heterocycles. The van der Waals surface area contributed by atoms with Crippen LogP contribution in [-0.4, -0.2) is 49.6 Å². The maximum atomic E-state index is 12.4. The quantitative estimate of drug-likeness (QED) is 0.446. The largest absolute Gasteiger partial charge is 0.527 e. The van der Waals surface area contributed by atoms with Crippen LogP contribution in [0.25, 0.3) is 0 Å². The van der Waals surface area contributed by atoms with Crippen LogP contribution in [0.5, 0.6) is 5.75 Å². The highest BCUT2D eigenvalue weighted by Crippen LogP contribution is 2.50. The second-order valence-electron chi connectivity index (χ2n) is 5.96. The summed E-state index contributed by atoms with van der Waals surface area (Å²) in [5, 5.41) is 20.1. The molecule has 2 aromatic rings. The van der Waals surface area contributed by atoms with E-state index in [1.54, 1.807) is 0 Å². The van der Waals surface area contributed by atoms with Crippen LogP contribution in [-0.2, 0) is 13.8 Å². The Hall–Kier alpha value is -1.69. The molecule has 1 aliphatic rings. The van der Waals surface area contributed by atoms with Crippen LogP contribution < -0.4 is 15.8 Å². The van der Waals surface area contributed by atoms with Crippen molar-refractivity contribution in [3.8, 4) is 5.75 Å². The number of halogens is 2. The van der Waals surface area contributed by atoms with Crippen LogP contribution in [0.15, 0.2) is 40.1 Å². The number of phosphoric ester groups is 1. The molecule has 1 fully saturated rings. The number of phosphoric acid groups is 1. The van der Waals surface area contributed by atoms with Crippen LogP contribution in [0.4, 0.5) is 0 Å². The van der Waals surface area contributed by atoms with E-state index in [2.05, 4.69) is 0 Å². The summed E-state index contributed by atoms with van der Waals surface area (Å²) in [6.07, 6.45) is -4.86. The average molecular weight is 469 g/mol. The van der Waals surface area contributed by atoms with E-state index in [9.17, 15) is 29.3 Å². The van der Waals surface area contributed by atoms with E-state index < -0.39 is 50.2 Å². The minimum Gasteiger partial charge on any atom is -0.402 e. The minimum atomic E-state index is -4.88. The Balaban J connectivity index is 1.83. The van der Waals surface area contributed by atoms with Gasteiger partial charge in [0.2, 0.25) is 0 Å². The minimum absolute atomic E-state index is 0.0214. The number of nitrogens with zero attached hydrogens (tertiary/aromatic N) is 1. The van der Waals surface area contributed by atoms with E-state index in [4.69, 9.17) is 37.0 Å². The molecule has 1 aromatic heterocycles. The van der Waals surface area contributed by atoms with Gasteiger partial charge in [0.15, 0.2) is 12.0 Å². The highest BCUT2D eigenvalue weighted by Gasteiger charge is 2.49. The van der Waals surface area contributed by atoms with Gasteiger partial charge in [-0.05, 0) is 12.1 Å². The highest BCUT2D eigenvalue weighted by molar-refractivity contribution is 7.47. The van der Waals surface area contributed by atoms with Gasteiger partial charge in [-0.25, -0.2) is 9.36 Å². The van der Waals surface area contributed by atoms with Crippen molar-refractivity contribution in [2.24, 2.45) is 0 Å². The summed E-state index contributed by atoms with van der Waals surface area (Å²) in [5.41, 5.74) is -1.56. The standard InChI is InChI=1S/C15H15Cl2N2O9P/c16-7-1-2-8(17)9(5-7)27-29(24,25)28-13-10(6-20)26-14(12(13)22)19-4-3-11(21)18-15(19)23/h1-5,10,12-14,20,22H,6H2,(H,24,25)(H,18,21,23)/t10-,12-,13-,14-/m1/s1. The molecule has 0 radical (unpaired) electrons. The average Bonchev–Trinajstić information content (AvgIpc) is 2.93. The van der Waals surface area contributed by atoms with Crippen LogP contribution in [0.2, 0.25) is 10.0 Å². The lowest BCUT2D eigenvalue weighted by molar-refractivity contribution is -0.0548. The predicted octanol–water partition coefficient (Wildman–Crippen LogP) is 0.659. The number of H-pyrrole nitrogens is 1. The third kappa shape index (κ3) is 4.90. The van der Waals surface area contributed by atoms with E-state index in [-0.39, 0.29) is 15.8 Å². The smallest absolute Gasteiger partial charge is 0.402 e. The molecule has 2 heterocycles. The first-order valence-corrected chi connectivity index (χ1v) is 10.3. The number of nitrogens with one attached hydrogen (secondary N) is 1. The number of ether oxygens (including phenoxy) is 1. The molecule has 11 nitrogen and oxygen atoms in total. The summed E-state index contributed by atoms with van der Waals surface area (Å²) < 4.78 is 28.5. The summed E-state index contributed by atoms with van der Waals surface area (Å²) in [7, 11) is -4.88. The molecule has 3 rings (SSSR count). The maximum absolute atomic E-state index is 12.4. The maximum Gasteiger partial charge on any atom is 0.527 e. The number of hydrogen-bond donors (Lipinski definition) is 4. The lowest BCUT2D eigenvalue weighted by Gasteiger charge is -2.22. The SMILES string of the molecule is O=c1ccn([C@@H]2O[C@H](CO)[C@@H](OP(=O)(O)Oc3cc(Cl)ccc3Cl)[C@H]2O)c(=O)[nH]1. The van der Waals surface area contributed by atoms with Crippen LogP contribution in [0.3, 0.4) is 0 Å². The van der Waals surface area contributed by atoms with Crippen molar-refractivity contribution >= 4 is 31.0 Å². The van der Waals surface area contributed by atoms with Crippen molar-refractivity contribution in [2.75, 3.05) is 6.61 Å². The highest BCUT2D eigenvalue weighted by atomic mass is 35.5. The first kappa shape index (κ1) is 22.0. The number of aromatic amines is 1. The molecular weight excluding hydrogens is 454 g/mol. The molecule has 29 heavy (non-hydrogen) atoms. The Morgan fingerprint density at radius 1 is 1.28 bits per heavy atom. The zero-order valence-corrected chi connectivity index (χ0v) is 16.8. The van der Waals surface area contributed by atoms with Gasteiger partial charge in [-0.1, -0.05) is 23.2 Å². The van der Waals surface area contributed by atoms with E-state index in [1.165, 1.54) is 18.2 Å². The Labute approximate surface area is 172 Å². The number of benzene rings is 1. The second-order valence-corrected chi connectivity index (χ2v) is 8.13. The third-order valence-corrected chi connectivity index (χ3v) is 5.46. The van der Waals surface area contributed by atoms with E-state index in [0.29, 0.717) is 0 Å². The molecule has 0 amide bonds. The molecule has 0 aliphatic carbocycles. The van der Waals surface area contributed by atoms with Gasteiger partial charge in [-0.3, -0.25) is 23.8 Å². The van der Waals surface area contributed by atoms with Crippen LogP contribution in [0.1, 0.15) is 6.23 Å². The first-order valence-electron chi connectivity index (χ1n) is 8.03. The number of aliphatic hydroxyl groups is 2. The summed E-state index contributed by atoms with van der Waals surface area (Å²) in [4.78, 5) is 35.2. The molecule has 0 spiro atoms. The van der Waals surface area contributed by atoms with Gasteiger partial charge in [0.05, 0.1) is 11.6 Å². The van der Waals surface area contributed by atoms with Crippen LogP contribution in [0, 0.1) is 0 Å². The molecule has 0 saturated carbocycles. The lowest BCUT2D eigenvalue weighted by Crippen LogP contribution is -2.38. The first-order chi connectivity index (χ1) is 13.6. The number of hydrogen-bond acceptors (Lipinski definition) is 8. The lowest BCUT2D eigenvalue weighted by atomic mass is 10.1. The molecule has 1 unspecified atom stereocenters. The molecule has 158 valence electrons. The topological polar surface area (TPSA) is 160 Å². The fourth-order valence-electron chi connectivity index (χ4n) is 2.70. The third-order valence-electron chi connectivity index (χ3n) is 3.98. The van der Waals surface area contributed by atoms with Gasteiger partial charge < -0.3 is 19.5 Å². The van der Waals surface area contributed by atoms with Crippen LogP contribution >= 0.6 is 31.0 Å². The predicted molar refractivity (Wildman–Crippen MR) is 100 cm³/mol. The Morgan fingerprint density at radius 2 is 2.00 bits per heavy atom. The van der Waals surface area contributed by atoms with Crippen molar-refractivity contribution < 1.29 is 33.5 Å². The van der Waals surface area contributed by atoms with Crippen molar-refractivity contribution in [2.45, 2.75) is 24.5 Å². The molecule has 14 heteroatoms. The van der Waals surface area contributed by atoms with Gasteiger partial charge in [0.25, 0.3) is 5.56 Å². The molecule has 5 atom stereocenters. The molecular formula is C15H15Cl2N2O9P. The number of rotatable bonds is 6. The Bertz CT molecular complexity index is 1060. The normalized spacial score (nSPS) is 26.2. The van der Waals surface area contributed by atoms with Crippen molar-refractivity contribution in [3.05, 3.63) is 61.3 Å². The Morgan fingerprint density at radius 3 is 2.66 bits per heavy atom. The van der Waals surface area contributed by atoms with Gasteiger partial charge in [-0.2, -0.15) is 0 Å². The zero-order chi connectivity index (χ0) is 21.3. The summed E-state index contributed by atoms with van der Waals surface area (Å²) in [5.74, 6) is -0.243. The zero-order valence-electron chi connectivity index (χ0n) is 14.3. The Kier molecular flexibility index (Phi) is 6.51.